The number of thiazole rings is 1. The molecule has 1 aromatic heterocycles. The van der Waals surface area contributed by atoms with E-state index in [4.69, 9.17) is 9.47 Å². The first-order chi connectivity index (χ1) is 9.83. The van der Waals surface area contributed by atoms with Crippen LogP contribution in [0.1, 0.15) is 33.6 Å². The first kappa shape index (κ1) is 16.5. The minimum Gasteiger partial charge on any atom is -0.470 e. The Kier molecular flexibility index (Phi) is 5.48. The maximum Gasteiger partial charge on any atom is 0.410 e. The highest BCUT2D eigenvalue weighted by molar-refractivity contribution is 9.10. The van der Waals surface area contributed by atoms with Gasteiger partial charge in [-0.2, -0.15) is 4.98 Å². The third-order valence-electron chi connectivity index (χ3n) is 3.16. The van der Waals surface area contributed by atoms with Crippen LogP contribution in [0, 0.1) is 5.92 Å². The fourth-order valence-corrected chi connectivity index (χ4v) is 3.20. The largest absolute Gasteiger partial charge is 0.470 e. The van der Waals surface area contributed by atoms with Gasteiger partial charge in [0.15, 0.2) is 0 Å². The normalized spacial score (nSPS) is 16.9. The van der Waals surface area contributed by atoms with Gasteiger partial charge in [-0.1, -0.05) is 11.3 Å². The third-order valence-corrected chi connectivity index (χ3v) is 4.62. The molecule has 5 nitrogen and oxygen atoms in total. The quantitative estimate of drug-likeness (QED) is 0.801. The molecule has 0 N–H and O–H groups in total. The molecule has 0 spiro atoms. The Morgan fingerprint density at radius 3 is 2.67 bits per heavy atom. The van der Waals surface area contributed by atoms with Crippen LogP contribution in [-0.4, -0.2) is 41.3 Å². The van der Waals surface area contributed by atoms with Crippen molar-refractivity contribution in [1.82, 2.24) is 9.88 Å². The first-order valence-electron chi connectivity index (χ1n) is 7.05. The van der Waals surface area contributed by atoms with Crippen LogP contribution in [0.2, 0.25) is 0 Å². The standard InChI is InChI=1S/C14H21BrN2O3S/c1-14(2,3)20-13(18)17-6-4-10(5-7-17)8-19-12-16-11(15)9-21-12/h9-10H,4-8H2,1-3H3. The molecule has 0 atom stereocenters. The lowest BCUT2D eigenvalue weighted by molar-refractivity contribution is 0.0165. The van der Waals surface area contributed by atoms with Crippen LogP contribution in [0.3, 0.4) is 0 Å². The summed E-state index contributed by atoms with van der Waals surface area (Å²) in [5.74, 6) is 0.464. The molecule has 1 aliphatic rings. The number of piperidine rings is 1. The highest BCUT2D eigenvalue weighted by Gasteiger charge is 2.27. The van der Waals surface area contributed by atoms with E-state index in [1.807, 2.05) is 26.2 Å². The van der Waals surface area contributed by atoms with Gasteiger partial charge < -0.3 is 14.4 Å². The summed E-state index contributed by atoms with van der Waals surface area (Å²) in [6, 6.07) is 0. The zero-order chi connectivity index (χ0) is 15.5. The van der Waals surface area contributed by atoms with Gasteiger partial charge in [0.2, 0.25) is 0 Å². The van der Waals surface area contributed by atoms with Crippen molar-refractivity contribution in [3.63, 3.8) is 0 Å². The monoisotopic (exact) mass is 376 g/mol. The van der Waals surface area contributed by atoms with Crippen molar-refractivity contribution in [2.75, 3.05) is 19.7 Å². The molecule has 118 valence electrons. The van der Waals surface area contributed by atoms with Gasteiger partial charge in [0.1, 0.15) is 10.2 Å². The summed E-state index contributed by atoms with van der Waals surface area (Å²) < 4.78 is 11.9. The Labute approximate surface area is 137 Å². The molecule has 1 aliphatic heterocycles. The molecule has 2 heterocycles. The fourth-order valence-electron chi connectivity index (χ4n) is 2.10. The number of hydrogen-bond acceptors (Lipinski definition) is 5. The molecular weight excluding hydrogens is 356 g/mol. The summed E-state index contributed by atoms with van der Waals surface area (Å²) in [7, 11) is 0. The molecule has 0 radical (unpaired) electrons. The van der Waals surface area contributed by atoms with Crippen molar-refractivity contribution in [3.05, 3.63) is 9.98 Å². The number of likely N-dealkylation sites (tertiary alicyclic amines) is 1. The predicted octanol–water partition coefficient (Wildman–Crippen LogP) is 3.93. The van der Waals surface area contributed by atoms with Crippen molar-refractivity contribution in [1.29, 1.82) is 0 Å². The number of ether oxygens (including phenoxy) is 2. The van der Waals surface area contributed by atoms with Crippen LogP contribution in [0.4, 0.5) is 4.79 Å². The highest BCUT2D eigenvalue weighted by Crippen LogP contribution is 2.24. The fraction of sp³-hybridized carbons (Fsp3) is 0.714. The number of aromatic nitrogens is 1. The Balaban J connectivity index is 1.72. The number of carbonyl (C=O) groups excluding carboxylic acids is 1. The van der Waals surface area contributed by atoms with Crippen LogP contribution in [0.15, 0.2) is 9.98 Å². The Morgan fingerprint density at radius 1 is 1.48 bits per heavy atom. The average molecular weight is 377 g/mol. The van der Waals surface area contributed by atoms with E-state index in [1.54, 1.807) is 4.90 Å². The smallest absolute Gasteiger partial charge is 0.410 e. The summed E-state index contributed by atoms with van der Waals surface area (Å²) in [6.45, 7) is 7.77. The number of rotatable bonds is 3. The zero-order valence-electron chi connectivity index (χ0n) is 12.6. The van der Waals surface area contributed by atoms with Gasteiger partial charge in [0.25, 0.3) is 5.19 Å². The number of halogens is 1. The van der Waals surface area contributed by atoms with Gasteiger partial charge in [0.05, 0.1) is 6.61 Å². The Bertz CT molecular complexity index is 479. The average Bonchev–Trinajstić information content (AvgIpc) is 2.81. The SMILES string of the molecule is CC(C)(C)OC(=O)N1CCC(COc2nc(Br)cs2)CC1. The first-order valence-corrected chi connectivity index (χ1v) is 8.72. The lowest BCUT2D eigenvalue weighted by Gasteiger charge is -2.33. The van der Waals surface area contributed by atoms with E-state index >= 15 is 0 Å². The molecule has 0 aromatic carbocycles. The minimum atomic E-state index is -0.435. The number of hydrogen-bond donors (Lipinski definition) is 0. The van der Waals surface area contributed by atoms with Gasteiger partial charge >= 0.3 is 6.09 Å². The topological polar surface area (TPSA) is 51.7 Å². The van der Waals surface area contributed by atoms with Crippen molar-refractivity contribution in [2.45, 2.75) is 39.2 Å². The molecule has 0 unspecified atom stereocenters. The Hall–Kier alpha value is -0.820. The van der Waals surface area contributed by atoms with Crippen LogP contribution in [-0.2, 0) is 4.74 Å². The Morgan fingerprint density at radius 2 is 2.14 bits per heavy atom. The summed E-state index contributed by atoms with van der Waals surface area (Å²) in [5, 5.41) is 2.59. The molecule has 1 fully saturated rings. The number of nitrogens with zero attached hydrogens (tertiary/aromatic N) is 2. The summed E-state index contributed by atoms with van der Waals surface area (Å²) in [4.78, 5) is 17.9. The van der Waals surface area contributed by atoms with Gasteiger partial charge in [-0.15, -0.1) is 0 Å². The second-order valence-corrected chi connectivity index (χ2v) is 7.79. The molecule has 0 bridgehead atoms. The molecular formula is C14H21BrN2O3S. The molecule has 0 aliphatic carbocycles. The molecule has 1 amide bonds. The van der Waals surface area contributed by atoms with Crippen molar-refractivity contribution >= 4 is 33.4 Å². The van der Waals surface area contributed by atoms with Crippen molar-refractivity contribution < 1.29 is 14.3 Å². The van der Waals surface area contributed by atoms with Crippen molar-refractivity contribution in [3.8, 4) is 5.19 Å². The van der Waals surface area contributed by atoms with E-state index < -0.39 is 5.60 Å². The lowest BCUT2D eigenvalue weighted by atomic mass is 9.98. The minimum absolute atomic E-state index is 0.217. The van der Waals surface area contributed by atoms with Crippen molar-refractivity contribution in [2.24, 2.45) is 5.92 Å². The van der Waals surface area contributed by atoms with Gasteiger partial charge in [-0.25, -0.2) is 4.79 Å². The van der Waals surface area contributed by atoms with Crippen LogP contribution < -0.4 is 4.74 Å². The second-order valence-electron chi connectivity index (χ2n) is 6.16. The number of amides is 1. The molecule has 2 rings (SSSR count). The molecule has 1 saturated heterocycles. The van der Waals surface area contributed by atoms with E-state index in [0.29, 0.717) is 17.7 Å². The van der Waals surface area contributed by atoms with E-state index in [2.05, 4.69) is 20.9 Å². The van der Waals surface area contributed by atoms with Crippen LogP contribution in [0.25, 0.3) is 0 Å². The maximum absolute atomic E-state index is 12.0. The van der Waals surface area contributed by atoms with E-state index in [1.165, 1.54) is 11.3 Å². The molecule has 1 aromatic rings. The maximum atomic E-state index is 12.0. The van der Waals surface area contributed by atoms with E-state index in [-0.39, 0.29) is 6.09 Å². The summed E-state index contributed by atoms with van der Waals surface area (Å²) >= 11 is 4.79. The van der Waals surface area contributed by atoms with E-state index in [9.17, 15) is 4.79 Å². The molecule has 7 heteroatoms. The van der Waals surface area contributed by atoms with Gasteiger partial charge in [-0.3, -0.25) is 0 Å². The van der Waals surface area contributed by atoms with Gasteiger partial charge in [-0.05, 0) is 55.5 Å². The van der Waals surface area contributed by atoms with Crippen LogP contribution >= 0.6 is 27.3 Å². The molecule has 21 heavy (non-hydrogen) atoms. The predicted molar refractivity (Wildman–Crippen MR) is 85.8 cm³/mol. The summed E-state index contributed by atoms with van der Waals surface area (Å²) in [6.07, 6.45) is 1.66. The second kappa shape index (κ2) is 6.96. The van der Waals surface area contributed by atoms with E-state index in [0.717, 1.165) is 30.5 Å². The lowest BCUT2D eigenvalue weighted by Crippen LogP contribution is -2.42. The number of carbonyl (C=O) groups is 1. The third kappa shape index (κ3) is 5.47. The highest BCUT2D eigenvalue weighted by atomic mass is 79.9. The van der Waals surface area contributed by atoms with Gasteiger partial charge in [0, 0.05) is 18.5 Å². The van der Waals surface area contributed by atoms with Crippen LogP contribution in [0.5, 0.6) is 5.19 Å². The zero-order valence-corrected chi connectivity index (χ0v) is 15.0. The molecule has 0 saturated carbocycles. The summed E-state index contributed by atoms with van der Waals surface area (Å²) in [5.41, 5.74) is -0.435.